The van der Waals surface area contributed by atoms with Crippen LogP contribution in [0.3, 0.4) is 0 Å². The lowest BCUT2D eigenvalue weighted by Crippen LogP contribution is -2.42. The molecule has 3 rings (SSSR count). The van der Waals surface area contributed by atoms with Crippen LogP contribution in [0, 0.1) is 35.0 Å². The second-order valence-corrected chi connectivity index (χ2v) is 8.20. The van der Waals surface area contributed by atoms with E-state index in [1.165, 1.54) is 32.1 Å². The van der Waals surface area contributed by atoms with E-state index >= 15 is 0 Å². The summed E-state index contributed by atoms with van der Waals surface area (Å²) in [6.45, 7) is 8.47. The molecule has 0 spiro atoms. The molecule has 1 N–H and O–H groups in total. The number of hydrogen-bond donors (Lipinski definition) is 1. The third-order valence-corrected chi connectivity index (χ3v) is 6.97. The van der Waals surface area contributed by atoms with Gasteiger partial charge in [0.05, 0.1) is 6.10 Å². The second-order valence-electron chi connectivity index (χ2n) is 8.20. The van der Waals surface area contributed by atoms with E-state index in [1.807, 2.05) is 13.0 Å². The number of rotatable bonds is 5. The third-order valence-electron chi connectivity index (χ3n) is 6.97. The van der Waals surface area contributed by atoms with Gasteiger partial charge in [0.2, 0.25) is 0 Å². The molecule has 7 unspecified atom stereocenters. The van der Waals surface area contributed by atoms with E-state index in [2.05, 4.69) is 26.8 Å². The van der Waals surface area contributed by atoms with Crippen molar-refractivity contribution in [1.82, 2.24) is 0 Å². The molecule has 3 fully saturated rings. The van der Waals surface area contributed by atoms with Gasteiger partial charge in [0, 0.05) is 5.41 Å². The molecule has 2 bridgehead atoms. The zero-order valence-electron chi connectivity index (χ0n) is 14.1. The molecule has 3 saturated carbocycles. The van der Waals surface area contributed by atoms with Crippen LogP contribution in [-0.4, -0.2) is 17.5 Å². The van der Waals surface area contributed by atoms with E-state index in [0.717, 1.165) is 23.7 Å². The van der Waals surface area contributed by atoms with Crippen LogP contribution in [0.25, 0.3) is 0 Å². The Morgan fingerprint density at radius 3 is 2.52 bits per heavy atom. The molecule has 2 heteroatoms. The minimum absolute atomic E-state index is 0.286. The van der Waals surface area contributed by atoms with Gasteiger partial charge in [-0.2, -0.15) is 0 Å². The van der Waals surface area contributed by atoms with Gasteiger partial charge in [0.1, 0.15) is 0 Å². The molecule has 0 aromatic rings. The van der Waals surface area contributed by atoms with E-state index in [9.17, 15) is 5.11 Å². The maximum absolute atomic E-state index is 10.7. The highest BCUT2D eigenvalue weighted by atomic mass is 16.6. The topological polar surface area (TPSA) is 29.5 Å². The summed E-state index contributed by atoms with van der Waals surface area (Å²) < 4.78 is 6.24. The molecule has 0 aromatic carbocycles. The van der Waals surface area contributed by atoms with Gasteiger partial charge < -0.3 is 9.84 Å². The average molecular weight is 292 g/mol. The second kappa shape index (κ2) is 5.70. The van der Waals surface area contributed by atoms with Gasteiger partial charge in [-0.1, -0.05) is 39.3 Å². The molecule has 120 valence electrons. The van der Waals surface area contributed by atoms with Crippen molar-refractivity contribution in [2.75, 3.05) is 0 Å². The van der Waals surface area contributed by atoms with Crippen LogP contribution in [0.2, 0.25) is 0 Å². The minimum atomic E-state index is -0.682. The summed E-state index contributed by atoms with van der Waals surface area (Å²) in [5.41, 5.74) is -0.286. The number of fused-ring (bicyclic) bond motifs is 5. The van der Waals surface area contributed by atoms with Crippen molar-refractivity contribution in [2.24, 2.45) is 35.0 Å². The highest BCUT2D eigenvalue weighted by Crippen LogP contribution is 2.59. The van der Waals surface area contributed by atoms with Crippen LogP contribution in [0.15, 0.2) is 12.2 Å². The van der Waals surface area contributed by atoms with Crippen LogP contribution < -0.4 is 0 Å². The summed E-state index contributed by atoms with van der Waals surface area (Å²) in [6.07, 6.45) is 10.6. The quantitative estimate of drug-likeness (QED) is 0.602. The summed E-state index contributed by atoms with van der Waals surface area (Å²) in [4.78, 5) is 0. The van der Waals surface area contributed by atoms with Gasteiger partial charge in [-0.15, -0.1) is 0 Å². The highest BCUT2D eigenvalue weighted by molar-refractivity contribution is 5.05. The van der Waals surface area contributed by atoms with Crippen molar-refractivity contribution in [3.05, 3.63) is 12.2 Å². The standard InChI is InChI=1S/C19H32O2/c1-5-9-19(4,12(2)3)18(20)21-17-11-13-10-16(17)15-8-6-7-14(13)15/h5,9,12-18,20H,6-8,10-11H2,1-4H3/b9-5-. The van der Waals surface area contributed by atoms with E-state index in [-0.39, 0.29) is 5.41 Å². The van der Waals surface area contributed by atoms with Gasteiger partial charge in [-0.3, -0.25) is 0 Å². The van der Waals surface area contributed by atoms with Crippen molar-refractivity contribution in [3.63, 3.8) is 0 Å². The fraction of sp³-hybridized carbons (Fsp3) is 0.895. The first-order valence-corrected chi connectivity index (χ1v) is 8.94. The molecular formula is C19H32O2. The molecule has 0 saturated heterocycles. The van der Waals surface area contributed by atoms with E-state index in [1.54, 1.807) is 0 Å². The van der Waals surface area contributed by atoms with Crippen LogP contribution in [-0.2, 0) is 4.74 Å². The Morgan fingerprint density at radius 2 is 1.86 bits per heavy atom. The minimum Gasteiger partial charge on any atom is -0.367 e. The van der Waals surface area contributed by atoms with Crippen molar-refractivity contribution in [2.45, 2.75) is 72.2 Å². The summed E-state index contributed by atoms with van der Waals surface area (Å²) in [6, 6.07) is 0. The third kappa shape index (κ3) is 2.49. The Kier molecular flexibility index (Phi) is 4.22. The Bertz CT molecular complexity index is 402. The largest absolute Gasteiger partial charge is 0.367 e. The van der Waals surface area contributed by atoms with Crippen molar-refractivity contribution >= 4 is 0 Å². The molecule has 0 radical (unpaired) electrons. The first-order chi connectivity index (χ1) is 9.97. The van der Waals surface area contributed by atoms with Crippen molar-refractivity contribution in [1.29, 1.82) is 0 Å². The molecule has 7 atom stereocenters. The van der Waals surface area contributed by atoms with Crippen LogP contribution in [0.5, 0.6) is 0 Å². The summed E-state index contributed by atoms with van der Waals surface area (Å²) >= 11 is 0. The normalized spacial score (nSPS) is 42.7. The fourth-order valence-corrected chi connectivity index (χ4v) is 5.39. The van der Waals surface area contributed by atoms with Gasteiger partial charge in [-0.25, -0.2) is 0 Å². The Morgan fingerprint density at radius 1 is 1.14 bits per heavy atom. The molecule has 0 heterocycles. The number of aliphatic hydroxyl groups is 1. The van der Waals surface area contributed by atoms with Gasteiger partial charge in [-0.05, 0) is 62.2 Å². The highest BCUT2D eigenvalue weighted by Gasteiger charge is 2.55. The van der Waals surface area contributed by atoms with Crippen molar-refractivity contribution in [3.8, 4) is 0 Å². The monoisotopic (exact) mass is 292 g/mol. The molecule has 0 aliphatic heterocycles. The lowest BCUT2D eigenvalue weighted by atomic mass is 9.77. The SMILES string of the molecule is C/C=C\C(C)(C(C)C)C(O)OC1CC2CC1C1CCCC21. The average Bonchev–Trinajstić information content (AvgIpc) is 3.10. The first kappa shape index (κ1) is 15.6. The molecule has 2 nitrogen and oxygen atoms in total. The van der Waals surface area contributed by atoms with Crippen LogP contribution in [0.4, 0.5) is 0 Å². The van der Waals surface area contributed by atoms with Gasteiger partial charge in [0.15, 0.2) is 6.29 Å². The number of hydrogen-bond acceptors (Lipinski definition) is 2. The lowest BCUT2D eigenvalue weighted by molar-refractivity contribution is -0.208. The molecule has 0 amide bonds. The Labute approximate surface area is 130 Å². The van der Waals surface area contributed by atoms with Gasteiger partial charge in [0.25, 0.3) is 0 Å². The van der Waals surface area contributed by atoms with Crippen molar-refractivity contribution < 1.29 is 9.84 Å². The molecular weight excluding hydrogens is 260 g/mol. The Balaban J connectivity index is 1.67. The number of aliphatic hydroxyl groups excluding tert-OH is 1. The van der Waals surface area contributed by atoms with E-state index < -0.39 is 6.29 Å². The number of ether oxygens (including phenoxy) is 1. The van der Waals surface area contributed by atoms with Crippen LogP contribution in [0.1, 0.15) is 59.8 Å². The smallest absolute Gasteiger partial charge is 0.163 e. The zero-order chi connectivity index (χ0) is 15.2. The fourth-order valence-electron chi connectivity index (χ4n) is 5.39. The maximum atomic E-state index is 10.7. The lowest BCUT2D eigenvalue weighted by Gasteiger charge is -2.39. The summed E-state index contributed by atoms with van der Waals surface area (Å²) in [5.74, 6) is 3.85. The molecule has 3 aliphatic rings. The van der Waals surface area contributed by atoms with Crippen LogP contribution >= 0.6 is 0 Å². The molecule has 0 aromatic heterocycles. The summed E-state index contributed by atoms with van der Waals surface area (Å²) in [5, 5.41) is 10.7. The van der Waals surface area contributed by atoms with E-state index in [0.29, 0.717) is 12.0 Å². The molecule has 21 heavy (non-hydrogen) atoms. The van der Waals surface area contributed by atoms with E-state index in [4.69, 9.17) is 4.74 Å². The summed E-state index contributed by atoms with van der Waals surface area (Å²) in [7, 11) is 0. The predicted octanol–water partition coefficient (Wildman–Crippen LogP) is 4.38. The van der Waals surface area contributed by atoms with Gasteiger partial charge >= 0.3 is 0 Å². The molecule has 3 aliphatic carbocycles. The maximum Gasteiger partial charge on any atom is 0.163 e. The number of allylic oxidation sites excluding steroid dienone is 1. The zero-order valence-corrected chi connectivity index (χ0v) is 14.1. The predicted molar refractivity (Wildman–Crippen MR) is 85.7 cm³/mol. The Hall–Kier alpha value is -0.340. The first-order valence-electron chi connectivity index (χ1n) is 8.94.